The third-order valence-corrected chi connectivity index (χ3v) is 3.58. The lowest BCUT2D eigenvalue weighted by Gasteiger charge is -2.16. The van der Waals surface area contributed by atoms with E-state index in [4.69, 9.17) is 0 Å². The predicted molar refractivity (Wildman–Crippen MR) is 60.2 cm³/mol. The summed E-state index contributed by atoms with van der Waals surface area (Å²) in [6, 6.07) is 2.78. The van der Waals surface area contributed by atoms with Gasteiger partial charge in [-0.25, -0.2) is 0 Å². The highest BCUT2D eigenvalue weighted by Crippen LogP contribution is 2.15. The lowest BCUT2D eigenvalue weighted by molar-refractivity contribution is 0.427. The van der Waals surface area contributed by atoms with Crippen LogP contribution in [0.25, 0.3) is 0 Å². The number of aryl methyl sites for hydroxylation is 1. The highest BCUT2D eigenvalue weighted by molar-refractivity contribution is 7.10. The van der Waals surface area contributed by atoms with Crippen molar-refractivity contribution in [2.45, 2.75) is 40.3 Å². The molecule has 0 bridgehead atoms. The van der Waals surface area contributed by atoms with E-state index in [1.165, 1.54) is 10.4 Å². The number of rotatable bonds is 4. The lowest BCUT2D eigenvalue weighted by atomic mass is 10.1. The molecule has 13 heavy (non-hydrogen) atoms. The van der Waals surface area contributed by atoms with Crippen LogP contribution in [0.3, 0.4) is 0 Å². The smallest absolute Gasteiger partial charge is 0.0304 e. The van der Waals surface area contributed by atoms with Crippen LogP contribution < -0.4 is 5.32 Å². The Kier molecular flexibility index (Phi) is 3.94. The van der Waals surface area contributed by atoms with Crippen molar-refractivity contribution in [2.24, 2.45) is 5.92 Å². The quantitative estimate of drug-likeness (QED) is 0.781. The fourth-order valence-electron chi connectivity index (χ4n) is 1.07. The van der Waals surface area contributed by atoms with Gasteiger partial charge in [0.05, 0.1) is 0 Å². The SMILES string of the molecule is Cc1ccsc1CNC(C)C(C)C. The van der Waals surface area contributed by atoms with Gasteiger partial charge in [-0.3, -0.25) is 0 Å². The lowest BCUT2D eigenvalue weighted by Crippen LogP contribution is -2.30. The summed E-state index contributed by atoms with van der Waals surface area (Å²) in [6.45, 7) is 9.93. The van der Waals surface area contributed by atoms with Gasteiger partial charge in [0.1, 0.15) is 0 Å². The van der Waals surface area contributed by atoms with Crippen LogP contribution in [0.2, 0.25) is 0 Å². The van der Waals surface area contributed by atoms with Gasteiger partial charge in [0, 0.05) is 17.5 Å². The molecule has 1 heterocycles. The molecule has 0 aromatic carbocycles. The molecule has 0 fully saturated rings. The Morgan fingerprint density at radius 2 is 2.08 bits per heavy atom. The van der Waals surface area contributed by atoms with Gasteiger partial charge in [0.15, 0.2) is 0 Å². The Morgan fingerprint density at radius 3 is 2.54 bits per heavy atom. The van der Waals surface area contributed by atoms with Crippen molar-refractivity contribution in [3.63, 3.8) is 0 Å². The zero-order valence-corrected chi connectivity index (χ0v) is 9.74. The zero-order chi connectivity index (χ0) is 9.84. The third kappa shape index (κ3) is 3.12. The van der Waals surface area contributed by atoms with Crippen molar-refractivity contribution >= 4 is 11.3 Å². The minimum Gasteiger partial charge on any atom is -0.309 e. The summed E-state index contributed by atoms with van der Waals surface area (Å²) in [5, 5.41) is 5.69. The van der Waals surface area contributed by atoms with Crippen molar-refractivity contribution < 1.29 is 0 Å². The summed E-state index contributed by atoms with van der Waals surface area (Å²) in [7, 11) is 0. The summed E-state index contributed by atoms with van der Waals surface area (Å²) in [6.07, 6.45) is 0. The molecule has 1 unspecified atom stereocenters. The fourth-order valence-corrected chi connectivity index (χ4v) is 1.93. The first kappa shape index (κ1) is 10.7. The number of thiophene rings is 1. The van der Waals surface area contributed by atoms with E-state index >= 15 is 0 Å². The molecule has 0 aliphatic heterocycles. The molecule has 74 valence electrons. The molecular weight excluding hydrogens is 178 g/mol. The van der Waals surface area contributed by atoms with Crippen molar-refractivity contribution in [3.8, 4) is 0 Å². The molecule has 0 spiro atoms. The minimum absolute atomic E-state index is 0.599. The Labute approximate surface area is 85.2 Å². The summed E-state index contributed by atoms with van der Waals surface area (Å²) in [5.74, 6) is 0.709. The van der Waals surface area contributed by atoms with Gasteiger partial charge >= 0.3 is 0 Å². The summed E-state index contributed by atoms with van der Waals surface area (Å²) in [4.78, 5) is 1.47. The number of hydrogen-bond acceptors (Lipinski definition) is 2. The van der Waals surface area contributed by atoms with Crippen molar-refractivity contribution in [1.29, 1.82) is 0 Å². The van der Waals surface area contributed by atoms with Gasteiger partial charge in [-0.1, -0.05) is 13.8 Å². The monoisotopic (exact) mass is 197 g/mol. The zero-order valence-electron chi connectivity index (χ0n) is 8.92. The fraction of sp³-hybridized carbons (Fsp3) is 0.636. The van der Waals surface area contributed by atoms with E-state index in [-0.39, 0.29) is 0 Å². The van der Waals surface area contributed by atoms with E-state index in [9.17, 15) is 0 Å². The van der Waals surface area contributed by atoms with Crippen LogP contribution in [-0.4, -0.2) is 6.04 Å². The van der Waals surface area contributed by atoms with Crippen LogP contribution in [-0.2, 0) is 6.54 Å². The Morgan fingerprint density at radius 1 is 1.38 bits per heavy atom. The summed E-state index contributed by atoms with van der Waals surface area (Å²) >= 11 is 1.84. The third-order valence-electron chi connectivity index (χ3n) is 2.55. The topological polar surface area (TPSA) is 12.0 Å². The van der Waals surface area contributed by atoms with Crippen molar-refractivity contribution in [3.05, 3.63) is 21.9 Å². The van der Waals surface area contributed by atoms with E-state index in [0.717, 1.165) is 6.54 Å². The van der Waals surface area contributed by atoms with Gasteiger partial charge in [-0.05, 0) is 36.8 Å². The van der Waals surface area contributed by atoms with Crippen LogP contribution >= 0.6 is 11.3 Å². The second-order valence-electron chi connectivity index (χ2n) is 3.94. The minimum atomic E-state index is 0.599. The Hall–Kier alpha value is -0.340. The maximum absolute atomic E-state index is 3.54. The van der Waals surface area contributed by atoms with Gasteiger partial charge in [-0.15, -0.1) is 11.3 Å². The standard InChI is InChI=1S/C11H19NS/c1-8(2)10(4)12-7-11-9(3)5-6-13-11/h5-6,8,10,12H,7H2,1-4H3. The molecule has 1 N–H and O–H groups in total. The molecule has 0 saturated heterocycles. The van der Waals surface area contributed by atoms with E-state index in [2.05, 4.69) is 44.5 Å². The van der Waals surface area contributed by atoms with Gasteiger partial charge in [-0.2, -0.15) is 0 Å². The van der Waals surface area contributed by atoms with Crippen LogP contribution in [0.15, 0.2) is 11.4 Å². The molecule has 1 atom stereocenters. The normalized spacial score (nSPS) is 13.6. The van der Waals surface area contributed by atoms with Crippen LogP contribution in [0.1, 0.15) is 31.2 Å². The van der Waals surface area contributed by atoms with E-state index in [1.54, 1.807) is 0 Å². The van der Waals surface area contributed by atoms with Gasteiger partial charge in [0.25, 0.3) is 0 Å². The van der Waals surface area contributed by atoms with Crippen LogP contribution in [0, 0.1) is 12.8 Å². The van der Waals surface area contributed by atoms with Gasteiger partial charge in [0.2, 0.25) is 0 Å². The van der Waals surface area contributed by atoms with E-state index in [0.29, 0.717) is 12.0 Å². The van der Waals surface area contributed by atoms with E-state index < -0.39 is 0 Å². The molecule has 2 heteroatoms. The molecule has 0 saturated carbocycles. The van der Waals surface area contributed by atoms with Crippen molar-refractivity contribution in [2.75, 3.05) is 0 Å². The Bertz CT molecular complexity index is 252. The first-order valence-corrected chi connectivity index (χ1v) is 5.75. The van der Waals surface area contributed by atoms with Crippen LogP contribution in [0.5, 0.6) is 0 Å². The molecule has 1 aromatic rings. The molecule has 0 aliphatic rings. The van der Waals surface area contributed by atoms with Gasteiger partial charge < -0.3 is 5.32 Å². The summed E-state index contributed by atoms with van der Waals surface area (Å²) < 4.78 is 0. The van der Waals surface area contributed by atoms with Crippen molar-refractivity contribution in [1.82, 2.24) is 5.32 Å². The molecule has 1 nitrogen and oxygen atoms in total. The molecule has 1 aromatic heterocycles. The second kappa shape index (κ2) is 4.77. The maximum Gasteiger partial charge on any atom is 0.0304 e. The molecule has 0 aliphatic carbocycles. The average Bonchev–Trinajstić information content (AvgIpc) is 2.47. The molecule has 1 rings (SSSR count). The Balaban J connectivity index is 2.39. The summed E-state index contributed by atoms with van der Waals surface area (Å²) in [5.41, 5.74) is 1.41. The first-order valence-electron chi connectivity index (χ1n) is 4.87. The largest absolute Gasteiger partial charge is 0.309 e. The van der Waals surface area contributed by atoms with E-state index in [1.807, 2.05) is 11.3 Å². The number of hydrogen-bond donors (Lipinski definition) is 1. The molecule has 0 amide bonds. The predicted octanol–water partition coefficient (Wildman–Crippen LogP) is 3.19. The molecular formula is C11H19NS. The molecule has 0 radical (unpaired) electrons. The van der Waals surface area contributed by atoms with Crippen LogP contribution in [0.4, 0.5) is 0 Å². The number of nitrogens with one attached hydrogen (secondary N) is 1. The highest BCUT2D eigenvalue weighted by Gasteiger charge is 2.06. The second-order valence-corrected chi connectivity index (χ2v) is 4.94. The maximum atomic E-state index is 3.54. The highest BCUT2D eigenvalue weighted by atomic mass is 32.1. The average molecular weight is 197 g/mol. The first-order chi connectivity index (χ1) is 6.11.